The first kappa shape index (κ1) is 13.9. The maximum Gasteiger partial charge on any atom is 0.305 e. The quantitative estimate of drug-likeness (QED) is 0.909. The number of amides is 1. The second-order valence-corrected chi connectivity index (χ2v) is 4.33. The third-order valence-electron chi connectivity index (χ3n) is 2.95. The number of aliphatic carboxylic acids is 1. The molecule has 5 nitrogen and oxygen atoms in total. The largest absolute Gasteiger partial charge is 0.481 e. The van der Waals surface area contributed by atoms with Gasteiger partial charge >= 0.3 is 5.97 Å². The van der Waals surface area contributed by atoms with Crippen LogP contribution in [-0.2, 0) is 4.79 Å². The average molecular weight is 273 g/mol. The molecule has 1 amide bonds. The number of carboxylic acid groups (broad SMARTS) is 1. The van der Waals surface area contributed by atoms with Gasteiger partial charge in [-0.05, 0) is 25.1 Å². The van der Waals surface area contributed by atoms with Crippen LogP contribution in [0.2, 0.25) is 0 Å². The summed E-state index contributed by atoms with van der Waals surface area (Å²) in [6.45, 7) is 1.82. The van der Waals surface area contributed by atoms with Gasteiger partial charge in [-0.15, -0.1) is 0 Å². The van der Waals surface area contributed by atoms with Crippen LogP contribution in [0.15, 0.2) is 47.1 Å². The van der Waals surface area contributed by atoms with Crippen molar-refractivity contribution < 1.29 is 19.1 Å². The van der Waals surface area contributed by atoms with Crippen LogP contribution in [0.3, 0.4) is 0 Å². The van der Waals surface area contributed by atoms with Crippen LogP contribution in [0, 0.1) is 6.92 Å². The van der Waals surface area contributed by atoms with Crippen molar-refractivity contribution >= 4 is 17.6 Å². The van der Waals surface area contributed by atoms with Crippen molar-refractivity contribution in [1.82, 2.24) is 0 Å². The second-order valence-electron chi connectivity index (χ2n) is 4.33. The summed E-state index contributed by atoms with van der Waals surface area (Å²) in [6, 6.07) is 10.6. The molecule has 0 saturated heterocycles. The monoisotopic (exact) mass is 273 g/mol. The SMILES string of the molecule is Cc1occc1C(=O)N(CCC(=O)O)c1ccccc1. The number of benzene rings is 1. The summed E-state index contributed by atoms with van der Waals surface area (Å²) in [4.78, 5) is 24.7. The first-order chi connectivity index (χ1) is 9.59. The fourth-order valence-corrected chi connectivity index (χ4v) is 1.92. The van der Waals surface area contributed by atoms with Crippen molar-refractivity contribution in [2.45, 2.75) is 13.3 Å². The number of hydrogen-bond donors (Lipinski definition) is 1. The van der Waals surface area contributed by atoms with E-state index in [9.17, 15) is 9.59 Å². The molecule has 0 saturated carbocycles. The fourth-order valence-electron chi connectivity index (χ4n) is 1.92. The minimum absolute atomic E-state index is 0.114. The molecule has 1 aromatic heterocycles. The Labute approximate surface area is 116 Å². The average Bonchev–Trinajstić information content (AvgIpc) is 2.86. The van der Waals surface area contributed by atoms with E-state index < -0.39 is 5.97 Å². The van der Waals surface area contributed by atoms with Crippen LogP contribution in [0.25, 0.3) is 0 Å². The second kappa shape index (κ2) is 6.06. The lowest BCUT2D eigenvalue weighted by molar-refractivity contribution is -0.136. The molecular weight excluding hydrogens is 258 g/mol. The molecule has 0 spiro atoms. The summed E-state index contributed by atoms with van der Waals surface area (Å²) in [6.07, 6.45) is 1.33. The number of aryl methyl sites for hydroxylation is 1. The highest BCUT2D eigenvalue weighted by Crippen LogP contribution is 2.19. The molecular formula is C15H15NO4. The molecule has 0 aliphatic carbocycles. The minimum Gasteiger partial charge on any atom is -0.481 e. The van der Waals surface area contributed by atoms with E-state index in [0.29, 0.717) is 17.0 Å². The standard InChI is InChI=1S/C15H15NO4/c1-11-13(8-10-20-11)15(19)16(9-7-14(17)18)12-5-3-2-4-6-12/h2-6,8,10H,7,9H2,1H3,(H,17,18). The van der Waals surface area contributed by atoms with Crippen molar-refractivity contribution in [3.05, 3.63) is 54.0 Å². The van der Waals surface area contributed by atoms with Crippen molar-refractivity contribution in [3.63, 3.8) is 0 Å². The zero-order chi connectivity index (χ0) is 14.5. The predicted octanol–water partition coefficient (Wildman–Crippen LogP) is 2.71. The predicted molar refractivity (Wildman–Crippen MR) is 73.8 cm³/mol. The molecule has 0 aliphatic rings. The first-order valence-corrected chi connectivity index (χ1v) is 6.22. The number of rotatable bonds is 5. The molecule has 0 atom stereocenters. The number of nitrogens with zero attached hydrogens (tertiary/aromatic N) is 1. The van der Waals surface area contributed by atoms with Gasteiger partial charge in [0.1, 0.15) is 5.76 Å². The Morgan fingerprint density at radius 3 is 2.45 bits per heavy atom. The highest BCUT2D eigenvalue weighted by molar-refractivity contribution is 6.06. The van der Waals surface area contributed by atoms with Crippen molar-refractivity contribution in [2.75, 3.05) is 11.4 Å². The van der Waals surface area contributed by atoms with E-state index in [0.717, 1.165) is 0 Å². The van der Waals surface area contributed by atoms with Crippen LogP contribution in [0.4, 0.5) is 5.69 Å². The summed E-state index contributed by atoms with van der Waals surface area (Å²) in [5, 5.41) is 8.82. The van der Waals surface area contributed by atoms with E-state index in [1.54, 1.807) is 37.3 Å². The lowest BCUT2D eigenvalue weighted by Gasteiger charge is -2.21. The lowest BCUT2D eigenvalue weighted by Crippen LogP contribution is -2.33. The summed E-state index contributed by atoms with van der Waals surface area (Å²) >= 11 is 0. The van der Waals surface area contributed by atoms with E-state index in [1.165, 1.54) is 11.2 Å². The van der Waals surface area contributed by atoms with Gasteiger partial charge in [0.05, 0.1) is 18.2 Å². The van der Waals surface area contributed by atoms with Gasteiger partial charge in [-0.3, -0.25) is 9.59 Å². The number of carbonyl (C=O) groups excluding carboxylic acids is 1. The van der Waals surface area contributed by atoms with Gasteiger partial charge in [-0.1, -0.05) is 18.2 Å². The Bertz CT molecular complexity index is 603. The number of para-hydroxylation sites is 1. The smallest absolute Gasteiger partial charge is 0.305 e. The highest BCUT2D eigenvalue weighted by Gasteiger charge is 2.21. The maximum absolute atomic E-state index is 12.5. The molecule has 0 fully saturated rings. The van der Waals surface area contributed by atoms with E-state index in [1.807, 2.05) is 6.07 Å². The zero-order valence-corrected chi connectivity index (χ0v) is 11.1. The Balaban J connectivity index is 2.29. The first-order valence-electron chi connectivity index (χ1n) is 6.22. The van der Waals surface area contributed by atoms with Gasteiger partial charge < -0.3 is 14.4 Å². The third kappa shape index (κ3) is 3.06. The Morgan fingerprint density at radius 2 is 1.90 bits per heavy atom. The van der Waals surface area contributed by atoms with Gasteiger partial charge in [0.25, 0.3) is 5.91 Å². The van der Waals surface area contributed by atoms with Crippen molar-refractivity contribution in [2.24, 2.45) is 0 Å². The molecule has 0 radical (unpaired) electrons. The third-order valence-corrected chi connectivity index (χ3v) is 2.95. The number of hydrogen-bond acceptors (Lipinski definition) is 3. The summed E-state index contributed by atoms with van der Waals surface area (Å²) in [5.41, 5.74) is 1.11. The van der Waals surface area contributed by atoms with E-state index in [2.05, 4.69) is 0 Å². The van der Waals surface area contributed by atoms with Crippen LogP contribution < -0.4 is 4.90 Å². The van der Waals surface area contributed by atoms with Crippen LogP contribution in [-0.4, -0.2) is 23.5 Å². The van der Waals surface area contributed by atoms with Crippen LogP contribution in [0.1, 0.15) is 22.5 Å². The normalized spacial score (nSPS) is 10.2. The van der Waals surface area contributed by atoms with E-state index in [4.69, 9.17) is 9.52 Å². The van der Waals surface area contributed by atoms with Gasteiger partial charge in [0.2, 0.25) is 0 Å². The number of anilines is 1. The zero-order valence-electron chi connectivity index (χ0n) is 11.1. The van der Waals surface area contributed by atoms with Crippen molar-refractivity contribution in [3.8, 4) is 0 Å². The molecule has 2 aromatic rings. The van der Waals surface area contributed by atoms with E-state index >= 15 is 0 Å². The lowest BCUT2D eigenvalue weighted by atomic mass is 10.2. The molecule has 2 rings (SSSR count). The number of carbonyl (C=O) groups is 2. The minimum atomic E-state index is -0.942. The number of carboxylic acids is 1. The summed E-state index contributed by atoms with van der Waals surface area (Å²) < 4.78 is 5.13. The molecule has 1 heterocycles. The summed E-state index contributed by atoms with van der Waals surface area (Å²) in [5.74, 6) is -0.683. The molecule has 1 N–H and O–H groups in total. The van der Waals surface area contributed by atoms with E-state index in [-0.39, 0.29) is 18.9 Å². The Hall–Kier alpha value is -2.56. The van der Waals surface area contributed by atoms with Gasteiger partial charge in [-0.25, -0.2) is 0 Å². The summed E-state index contributed by atoms with van der Waals surface area (Å²) in [7, 11) is 0. The topological polar surface area (TPSA) is 70.8 Å². The Morgan fingerprint density at radius 1 is 1.20 bits per heavy atom. The highest BCUT2D eigenvalue weighted by atomic mass is 16.4. The van der Waals surface area contributed by atoms with Crippen molar-refractivity contribution in [1.29, 1.82) is 0 Å². The molecule has 104 valence electrons. The maximum atomic E-state index is 12.5. The van der Waals surface area contributed by atoms with Crippen LogP contribution >= 0.6 is 0 Å². The molecule has 0 aliphatic heterocycles. The van der Waals surface area contributed by atoms with Gasteiger partial charge in [-0.2, -0.15) is 0 Å². The molecule has 0 unspecified atom stereocenters. The fraction of sp³-hybridized carbons (Fsp3) is 0.200. The molecule has 5 heteroatoms. The molecule has 1 aromatic carbocycles. The molecule has 0 bridgehead atoms. The molecule has 20 heavy (non-hydrogen) atoms. The van der Waals surface area contributed by atoms with Crippen LogP contribution in [0.5, 0.6) is 0 Å². The van der Waals surface area contributed by atoms with Gasteiger partial charge in [0.15, 0.2) is 0 Å². The Kier molecular flexibility index (Phi) is 4.20. The van der Waals surface area contributed by atoms with Gasteiger partial charge in [0, 0.05) is 12.2 Å². The number of furan rings is 1.